The van der Waals surface area contributed by atoms with Crippen molar-refractivity contribution in [3.05, 3.63) is 27.5 Å². The van der Waals surface area contributed by atoms with Crippen molar-refractivity contribution in [3.63, 3.8) is 0 Å². The molecule has 0 saturated heterocycles. The Balaban J connectivity index is 2.96. The molecule has 0 aliphatic carbocycles. The standard InChI is InChI=1S/C9H8BrNS/c1-5-7(11)2-3-8-9(5)6(10)4-12-8/h2-4H,11H2,1H3. The highest BCUT2D eigenvalue weighted by Gasteiger charge is 2.05. The Morgan fingerprint density at radius 1 is 1.42 bits per heavy atom. The largest absolute Gasteiger partial charge is 0.398 e. The van der Waals surface area contributed by atoms with Crippen molar-refractivity contribution >= 4 is 43.0 Å². The summed E-state index contributed by atoms with van der Waals surface area (Å²) in [6.45, 7) is 2.05. The fraction of sp³-hybridized carbons (Fsp3) is 0.111. The van der Waals surface area contributed by atoms with E-state index in [1.807, 2.05) is 6.07 Å². The highest BCUT2D eigenvalue weighted by molar-refractivity contribution is 9.10. The zero-order valence-corrected chi connectivity index (χ0v) is 9.00. The molecule has 0 aliphatic rings. The maximum absolute atomic E-state index is 5.80. The summed E-state index contributed by atoms with van der Waals surface area (Å²) >= 11 is 5.24. The summed E-state index contributed by atoms with van der Waals surface area (Å²) in [6, 6.07) is 4.02. The van der Waals surface area contributed by atoms with Crippen LogP contribution in [0.3, 0.4) is 0 Å². The quantitative estimate of drug-likeness (QED) is 0.702. The van der Waals surface area contributed by atoms with Gasteiger partial charge in [0.2, 0.25) is 0 Å². The van der Waals surface area contributed by atoms with E-state index in [9.17, 15) is 0 Å². The fourth-order valence-corrected chi connectivity index (χ4v) is 3.07. The van der Waals surface area contributed by atoms with Crippen LogP contribution < -0.4 is 5.73 Å². The molecule has 0 fully saturated rings. The van der Waals surface area contributed by atoms with Crippen LogP contribution in [0.1, 0.15) is 5.56 Å². The summed E-state index contributed by atoms with van der Waals surface area (Å²) in [5.41, 5.74) is 7.83. The van der Waals surface area contributed by atoms with Crippen molar-refractivity contribution in [2.24, 2.45) is 0 Å². The molecule has 3 heteroatoms. The number of hydrogen-bond acceptors (Lipinski definition) is 2. The molecule has 0 amide bonds. The Labute approximate surface area is 83.3 Å². The van der Waals surface area contributed by atoms with Crippen molar-refractivity contribution in [2.75, 3.05) is 5.73 Å². The number of nitrogens with two attached hydrogens (primary N) is 1. The van der Waals surface area contributed by atoms with Crippen LogP contribution in [0.2, 0.25) is 0 Å². The highest BCUT2D eigenvalue weighted by Crippen LogP contribution is 2.34. The first-order valence-electron chi connectivity index (χ1n) is 3.62. The predicted octanol–water partition coefficient (Wildman–Crippen LogP) is 3.55. The smallest absolute Gasteiger partial charge is 0.0364 e. The second kappa shape index (κ2) is 2.75. The summed E-state index contributed by atoms with van der Waals surface area (Å²) in [6.07, 6.45) is 0. The lowest BCUT2D eigenvalue weighted by atomic mass is 10.1. The van der Waals surface area contributed by atoms with E-state index in [4.69, 9.17) is 5.73 Å². The zero-order chi connectivity index (χ0) is 8.72. The number of rotatable bonds is 0. The van der Waals surface area contributed by atoms with Crippen LogP contribution in [0.5, 0.6) is 0 Å². The molecule has 2 aromatic rings. The highest BCUT2D eigenvalue weighted by atomic mass is 79.9. The number of benzene rings is 1. The van der Waals surface area contributed by atoms with E-state index in [1.54, 1.807) is 11.3 Å². The molecule has 1 aromatic heterocycles. The topological polar surface area (TPSA) is 26.0 Å². The molecule has 0 saturated carbocycles. The number of halogens is 1. The average Bonchev–Trinajstić information content (AvgIpc) is 2.41. The number of anilines is 1. The molecular weight excluding hydrogens is 234 g/mol. The first kappa shape index (κ1) is 8.08. The number of hydrogen-bond donors (Lipinski definition) is 1. The summed E-state index contributed by atoms with van der Waals surface area (Å²) in [5.74, 6) is 0. The second-order valence-electron chi connectivity index (χ2n) is 2.74. The summed E-state index contributed by atoms with van der Waals surface area (Å²) in [5, 5.41) is 3.34. The summed E-state index contributed by atoms with van der Waals surface area (Å²) in [4.78, 5) is 0. The van der Waals surface area contributed by atoms with Gasteiger partial charge in [0.25, 0.3) is 0 Å². The van der Waals surface area contributed by atoms with Gasteiger partial charge in [-0.3, -0.25) is 0 Å². The normalized spacial score (nSPS) is 10.8. The van der Waals surface area contributed by atoms with Gasteiger partial charge in [-0.25, -0.2) is 0 Å². The maximum atomic E-state index is 5.80. The van der Waals surface area contributed by atoms with Crippen molar-refractivity contribution in [1.82, 2.24) is 0 Å². The summed E-state index contributed by atoms with van der Waals surface area (Å²) in [7, 11) is 0. The number of thiophene rings is 1. The summed E-state index contributed by atoms with van der Waals surface area (Å²) < 4.78 is 2.43. The third-order valence-corrected chi connectivity index (χ3v) is 3.87. The van der Waals surface area contributed by atoms with Crippen molar-refractivity contribution in [3.8, 4) is 0 Å². The Hall–Kier alpha value is -0.540. The van der Waals surface area contributed by atoms with Gasteiger partial charge in [-0.1, -0.05) is 0 Å². The molecule has 0 unspecified atom stereocenters. The van der Waals surface area contributed by atoms with E-state index in [-0.39, 0.29) is 0 Å². The van der Waals surface area contributed by atoms with Gasteiger partial charge in [0.15, 0.2) is 0 Å². The minimum absolute atomic E-state index is 0.863. The van der Waals surface area contributed by atoms with Crippen LogP contribution in [0.25, 0.3) is 10.1 Å². The SMILES string of the molecule is Cc1c(N)ccc2scc(Br)c12. The first-order chi connectivity index (χ1) is 5.70. The van der Waals surface area contributed by atoms with Gasteiger partial charge >= 0.3 is 0 Å². The number of nitrogen functional groups attached to an aromatic ring is 1. The van der Waals surface area contributed by atoms with Gasteiger partial charge in [-0.2, -0.15) is 0 Å². The van der Waals surface area contributed by atoms with E-state index >= 15 is 0 Å². The molecule has 1 aromatic carbocycles. The van der Waals surface area contributed by atoms with Crippen LogP contribution in [0.15, 0.2) is 22.0 Å². The Bertz CT molecular complexity index is 433. The average molecular weight is 242 g/mol. The van der Waals surface area contributed by atoms with E-state index < -0.39 is 0 Å². The number of fused-ring (bicyclic) bond motifs is 1. The zero-order valence-electron chi connectivity index (χ0n) is 6.60. The Kier molecular flexibility index (Phi) is 1.85. The molecule has 0 spiro atoms. The van der Waals surface area contributed by atoms with Gasteiger partial charge < -0.3 is 5.73 Å². The predicted molar refractivity (Wildman–Crippen MR) is 58.7 cm³/mol. The van der Waals surface area contributed by atoms with Crippen LogP contribution in [-0.4, -0.2) is 0 Å². The molecule has 0 bridgehead atoms. The molecule has 0 aliphatic heterocycles. The maximum Gasteiger partial charge on any atom is 0.0364 e. The first-order valence-corrected chi connectivity index (χ1v) is 5.29. The molecule has 62 valence electrons. The van der Waals surface area contributed by atoms with Gasteiger partial charge in [0, 0.05) is 25.6 Å². The van der Waals surface area contributed by atoms with Crippen molar-refractivity contribution in [2.45, 2.75) is 6.92 Å². The number of aryl methyl sites for hydroxylation is 1. The third kappa shape index (κ3) is 1.04. The molecule has 0 radical (unpaired) electrons. The minimum atomic E-state index is 0.863. The van der Waals surface area contributed by atoms with E-state index in [1.165, 1.54) is 15.6 Å². The van der Waals surface area contributed by atoms with Crippen LogP contribution in [0, 0.1) is 6.92 Å². The van der Waals surface area contributed by atoms with E-state index in [0.717, 1.165) is 10.2 Å². The lowest BCUT2D eigenvalue weighted by Gasteiger charge is -2.00. The molecular formula is C9H8BrNS. The Morgan fingerprint density at radius 3 is 2.92 bits per heavy atom. The monoisotopic (exact) mass is 241 g/mol. The van der Waals surface area contributed by atoms with Gasteiger partial charge in [-0.15, -0.1) is 11.3 Å². The lowest BCUT2D eigenvalue weighted by molar-refractivity contribution is 1.53. The van der Waals surface area contributed by atoms with Crippen LogP contribution >= 0.6 is 27.3 Å². The minimum Gasteiger partial charge on any atom is -0.398 e. The molecule has 2 N–H and O–H groups in total. The van der Waals surface area contributed by atoms with Crippen molar-refractivity contribution in [1.29, 1.82) is 0 Å². The Morgan fingerprint density at radius 2 is 2.17 bits per heavy atom. The van der Waals surface area contributed by atoms with Gasteiger partial charge in [0.1, 0.15) is 0 Å². The van der Waals surface area contributed by atoms with E-state index in [0.29, 0.717) is 0 Å². The molecule has 2 rings (SSSR count). The van der Waals surface area contributed by atoms with Gasteiger partial charge in [0.05, 0.1) is 0 Å². The molecule has 12 heavy (non-hydrogen) atoms. The van der Waals surface area contributed by atoms with Crippen molar-refractivity contribution < 1.29 is 0 Å². The van der Waals surface area contributed by atoms with Crippen LogP contribution in [-0.2, 0) is 0 Å². The van der Waals surface area contributed by atoms with Gasteiger partial charge in [-0.05, 0) is 40.5 Å². The fourth-order valence-electron chi connectivity index (χ4n) is 1.27. The third-order valence-electron chi connectivity index (χ3n) is 2.00. The molecule has 1 heterocycles. The molecule has 0 atom stereocenters. The van der Waals surface area contributed by atoms with Crippen LogP contribution in [0.4, 0.5) is 5.69 Å². The lowest BCUT2D eigenvalue weighted by Crippen LogP contribution is -1.88. The van der Waals surface area contributed by atoms with E-state index in [2.05, 4.69) is 34.3 Å². The molecule has 1 nitrogen and oxygen atoms in total. The second-order valence-corrected chi connectivity index (χ2v) is 4.50.